The molecule has 4 aromatic rings. The number of hydrogen-bond donors (Lipinski definition) is 1. The van der Waals surface area contributed by atoms with Crippen LogP contribution in [-0.4, -0.2) is 56.2 Å². The summed E-state index contributed by atoms with van der Waals surface area (Å²) in [6, 6.07) is 9.64. The van der Waals surface area contributed by atoms with E-state index in [1.165, 1.54) is 19.2 Å². The molecule has 0 saturated carbocycles. The molecule has 2 aromatic heterocycles. The predicted molar refractivity (Wildman–Crippen MR) is 128 cm³/mol. The number of methoxy groups -OCH3 is 1. The molecule has 8 nitrogen and oxygen atoms in total. The largest absolute Gasteiger partial charge is 0.416 e. The Bertz CT molecular complexity index is 1510. The summed E-state index contributed by atoms with van der Waals surface area (Å²) >= 11 is 0. The minimum atomic E-state index is -4.44. The highest BCUT2D eigenvalue weighted by atomic mass is 32.2. The van der Waals surface area contributed by atoms with Crippen LogP contribution >= 0.6 is 0 Å². The number of rotatable bonds is 7. The number of alkyl halides is 3. The number of aryl methyl sites for hydroxylation is 1. The van der Waals surface area contributed by atoms with Gasteiger partial charge in [-0.2, -0.15) is 22.6 Å². The molecule has 35 heavy (non-hydrogen) atoms. The summed E-state index contributed by atoms with van der Waals surface area (Å²) in [5, 5.41) is 5.84. The Morgan fingerprint density at radius 2 is 1.86 bits per heavy atom. The third-order valence-corrected chi connectivity index (χ3v) is 7.72. The first kappa shape index (κ1) is 24.9. The highest BCUT2D eigenvalue weighted by Crippen LogP contribution is 2.34. The normalized spacial score (nSPS) is 13.9. The van der Waals surface area contributed by atoms with Gasteiger partial charge in [-0.3, -0.25) is 14.0 Å². The lowest BCUT2D eigenvalue weighted by molar-refractivity contribution is -0.137. The lowest BCUT2D eigenvalue weighted by Crippen LogP contribution is -2.22. The van der Waals surface area contributed by atoms with E-state index in [0.717, 1.165) is 12.1 Å². The zero-order valence-corrected chi connectivity index (χ0v) is 19.9. The van der Waals surface area contributed by atoms with E-state index in [0.29, 0.717) is 27.6 Å². The summed E-state index contributed by atoms with van der Waals surface area (Å²) in [5.41, 5.74) is 6.72. The molecule has 0 spiro atoms. The van der Waals surface area contributed by atoms with Gasteiger partial charge in [0, 0.05) is 54.7 Å². The molecule has 12 heteroatoms. The fourth-order valence-corrected chi connectivity index (χ4v) is 5.47. The van der Waals surface area contributed by atoms with E-state index in [9.17, 15) is 22.2 Å². The van der Waals surface area contributed by atoms with Crippen molar-refractivity contribution < 1.29 is 26.9 Å². The maximum Gasteiger partial charge on any atom is 0.416 e. The lowest BCUT2D eigenvalue weighted by atomic mass is 10.1. The number of amides is 1. The van der Waals surface area contributed by atoms with Crippen LogP contribution in [0.1, 0.15) is 15.9 Å². The molecule has 186 valence electrons. The number of carbonyl (C=O) groups excluding carboxylic acids is 1. The van der Waals surface area contributed by atoms with Gasteiger partial charge in [-0.05, 0) is 42.5 Å². The first-order valence-corrected chi connectivity index (χ1v) is 12.5. The molecule has 1 atom stereocenters. The van der Waals surface area contributed by atoms with E-state index in [-0.39, 0.29) is 30.2 Å². The van der Waals surface area contributed by atoms with Gasteiger partial charge in [0.15, 0.2) is 5.65 Å². The van der Waals surface area contributed by atoms with Gasteiger partial charge in [-0.25, -0.2) is 4.21 Å². The molecule has 4 rings (SSSR count). The number of nitrogens with two attached hydrogens (primary N) is 1. The highest BCUT2D eigenvalue weighted by Gasteiger charge is 2.30. The van der Waals surface area contributed by atoms with Crippen molar-refractivity contribution in [3.63, 3.8) is 0 Å². The summed E-state index contributed by atoms with van der Waals surface area (Å²) in [6.45, 7) is 0.297. The average Bonchev–Trinajstić information content (AvgIpc) is 3.31. The minimum Gasteiger partial charge on any atom is -0.384 e. The smallest absolute Gasteiger partial charge is 0.384 e. The molecule has 0 saturated heterocycles. The Labute approximate surface area is 199 Å². The number of fused-ring (bicyclic) bond motifs is 3. The summed E-state index contributed by atoms with van der Waals surface area (Å²) < 4.78 is 64.4. The SMILES string of the molecule is COCCS(=O)(CCN)=NC(=O)c1ccc2c(c1)c1cn(C)nc1n2-c1ccc(C(F)(F)F)cc1. The van der Waals surface area contributed by atoms with Crippen LogP contribution in [0.25, 0.3) is 27.6 Å². The molecular formula is C23H24F3N5O3S. The topological polar surface area (TPSA) is 104 Å². The van der Waals surface area contributed by atoms with Crippen LogP contribution < -0.4 is 5.73 Å². The maximum absolute atomic E-state index is 13.0. The van der Waals surface area contributed by atoms with E-state index >= 15 is 0 Å². The molecule has 1 amide bonds. The van der Waals surface area contributed by atoms with E-state index in [1.807, 2.05) is 0 Å². The lowest BCUT2D eigenvalue weighted by Gasteiger charge is -2.10. The van der Waals surface area contributed by atoms with Gasteiger partial charge < -0.3 is 10.5 Å². The van der Waals surface area contributed by atoms with Crippen LogP contribution in [0.5, 0.6) is 0 Å². The second-order valence-electron chi connectivity index (χ2n) is 8.01. The predicted octanol–water partition coefficient (Wildman–Crippen LogP) is 3.75. The van der Waals surface area contributed by atoms with Crippen LogP contribution in [0.15, 0.2) is 53.0 Å². The number of benzene rings is 2. The zero-order valence-electron chi connectivity index (χ0n) is 19.1. The van der Waals surface area contributed by atoms with Gasteiger partial charge in [0.1, 0.15) is 0 Å². The number of carbonyl (C=O) groups is 1. The van der Waals surface area contributed by atoms with Crippen LogP contribution in [0.2, 0.25) is 0 Å². The van der Waals surface area contributed by atoms with Crippen molar-refractivity contribution in [1.29, 1.82) is 0 Å². The Kier molecular flexibility index (Phi) is 6.71. The van der Waals surface area contributed by atoms with Crippen molar-refractivity contribution >= 4 is 37.6 Å². The van der Waals surface area contributed by atoms with Crippen LogP contribution in [0, 0.1) is 0 Å². The molecule has 2 aromatic carbocycles. The van der Waals surface area contributed by atoms with Crippen LogP contribution in [-0.2, 0) is 27.7 Å². The monoisotopic (exact) mass is 507 g/mol. The first-order chi connectivity index (χ1) is 16.6. The van der Waals surface area contributed by atoms with Gasteiger partial charge in [0.25, 0.3) is 5.91 Å². The molecule has 1 unspecified atom stereocenters. The van der Waals surface area contributed by atoms with Gasteiger partial charge in [-0.15, -0.1) is 0 Å². The molecule has 0 aliphatic rings. The van der Waals surface area contributed by atoms with Crippen molar-refractivity contribution in [2.75, 3.05) is 31.8 Å². The Morgan fingerprint density at radius 1 is 1.14 bits per heavy atom. The molecule has 2 heterocycles. The standard InChI is InChI=1S/C23H24F3N5O3S/c1-30-14-19-18-13-15(22(32)29-35(33,11-9-27)12-10-34-2)3-8-20(18)31(21(19)28-30)17-6-4-16(5-7-17)23(24,25)26/h3-8,13-14H,9-12,27H2,1-2H3. The number of aromatic nitrogens is 3. The summed E-state index contributed by atoms with van der Waals surface area (Å²) in [4.78, 5) is 12.9. The summed E-state index contributed by atoms with van der Waals surface area (Å²) in [6.07, 6.45) is -2.68. The third-order valence-electron chi connectivity index (χ3n) is 5.54. The van der Waals surface area contributed by atoms with Crippen molar-refractivity contribution in [3.05, 3.63) is 59.8 Å². The van der Waals surface area contributed by atoms with E-state index < -0.39 is 27.4 Å². The quantitative estimate of drug-likeness (QED) is 0.410. The molecule has 0 radical (unpaired) electrons. The zero-order chi connectivity index (χ0) is 25.4. The number of nitrogens with zero attached hydrogens (tertiary/aromatic N) is 4. The fraction of sp³-hybridized carbons (Fsp3) is 0.304. The molecule has 0 aliphatic heterocycles. The van der Waals surface area contributed by atoms with E-state index in [4.69, 9.17) is 10.5 Å². The molecule has 0 bridgehead atoms. The number of halogens is 3. The Morgan fingerprint density at radius 3 is 2.49 bits per heavy atom. The fourth-order valence-electron chi connectivity index (χ4n) is 3.88. The molecule has 0 aliphatic carbocycles. The minimum absolute atomic E-state index is 0.0709. The number of hydrogen-bond acceptors (Lipinski definition) is 5. The van der Waals surface area contributed by atoms with Crippen molar-refractivity contribution in [2.45, 2.75) is 6.18 Å². The first-order valence-electron chi connectivity index (χ1n) is 10.7. The second kappa shape index (κ2) is 9.44. The second-order valence-corrected chi connectivity index (χ2v) is 10.6. The van der Waals surface area contributed by atoms with Gasteiger partial charge in [-0.1, -0.05) is 0 Å². The molecular weight excluding hydrogens is 483 g/mol. The van der Waals surface area contributed by atoms with E-state index in [1.54, 1.807) is 40.7 Å². The maximum atomic E-state index is 13.0. The van der Waals surface area contributed by atoms with Crippen LogP contribution in [0.4, 0.5) is 13.2 Å². The van der Waals surface area contributed by atoms with Gasteiger partial charge in [0.05, 0.1) is 33.2 Å². The van der Waals surface area contributed by atoms with E-state index in [2.05, 4.69) is 9.46 Å². The van der Waals surface area contributed by atoms with Gasteiger partial charge in [0.2, 0.25) is 0 Å². The third kappa shape index (κ3) is 4.95. The Balaban J connectivity index is 1.83. The summed E-state index contributed by atoms with van der Waals surface area (Å²) in [5.74, 6) is -0.478. The van der Waals surface area contributed by atoms with Crippen LogP contribution in [0.3, 0.4) is 0 Å². The van der Waals surface area contributed by atoms with Crippen molar-refractivity contribution in [3.8, 4) is 5.69 Å². The average molecular weight is 508 g/mol. The van der Waals surface area contributed by atoms with Crippen molar-refractivity contribution in [1.82, 2.24) is 14.3 Å². The Hall–Kier alpha value is -3.22. The summed E-state index contributed by atoms with van der Waals surface area (Å²) in [7, 11) is 0.316. The van der Waals surface area contributed by atoms with Crippen molar-refractivity contribution in [2.24, 2.45) is 17.1 Å². The van der Waals surface area contributed by atoms with Gasteiger partial charge >= 0.3 is 6.18 Å². The highest BCUT2D eigenvalue weighted by molar-refractivity contribution is 7.93. The molecule has 0 fully saturated rings. The molecule has 2 N–H and O–H groups in total. The number of ether oxygens (including phenoxy) is 1.